The second-order valence-electron chi connectivity index (χ2n) is 4.74. The average Bonchev–Trinajstić information content (AvgIpc) is 2.54. The van der Waals surface area contributed by atoms with E-state index in [0.717, 1.165) is 11.8 Å². The zero-order valence-electron chi connectivity index (χ0n) is 11.8. The largest absolute Gasteiger partial charge is 0.493 e. The Morgan fingerprint density at radius 3 is 2.87 bits per heavy atom. The van der Waals surface area contributed by atoms with Crippen molar-refractivity contribution >= 4 is 40.3 Å². The molecular weight excluding hydrogens is 337 g/mol. The van der Waals surface area contributed by atoms with Crippen molar-refractivity contribution < 1.29 is 9.50 Å². The second-order valence-corrected chi connectivity index (χ2v) is 6.12. The van der Waals surface area contributed by atoms with Crippen LogP contribution in [0.25, 0.3) is 10.8 Å². The number of thioether (sulfide) groups is 1. The lowest BCUT2D eigenvalue weighted by Gasteiger charge is -2.10. The first kappa shape index (κ1) is 15.7. The first-order valence-corrected chi connectivity index (χ1v) is 8.00. The van der Waals surface area contributed by atoms with E-state index in [0.29, 0.717) is 26.6 Å². The normalized spacial score (nSPS) is 10.9. The summed E-state index contributed by atoms with van der Waals surface area (Å²) in [6.07, 6.45) is 4.27. The third-order valence-electron chi connectivity index (χ3n) is 3.30. The maximum absolute atomic E-state index is 13.6. The van der Waals surface area contributed by atoms with Gasteiger partial charge in [0.15, 0.2) is 0 Å². The molecule has 7 heteroatoms. The van der Waals surface area contributed by atoms with Crippen molar-refractivity contribution in [2.45, 2.75) is 10.8 Å². The predicted molar refractivity (Wildman–Crippen MR) is 90.1 cm³/mol. The number of pyridine rings is 2. The summed E-state index contributed by atoms with van der Waals surface area (Å²) in [6, 6.07) is 5.87. The molecule has 0 aliphatic rings. The first-order valence-electron chi connectivity index (χ1n) is 6.64. The SMILES string of the molecule is N=Cc1c(O)nc(SCc2cnccc2Cl)c2cc(F)ccc12. The topological polar surface area (TPSA) is 69.9 Å². The summed E-state index contributed by atoms with van der Waals surface area (Å²) in [5.41, 5.74) is 1.09. The highest BCUT2D eigenvalue weighted by Crippen LogP contribution is 2.34. The van der Waals surface area contributed by atoms with Crippen LogP contribution in [0.4, 0.5) is 4.39 Å². The summed E-state index contributed by atoms with van der Waals surface area (Å²) in [7, 11) is 0. The number of nitrogens with one attached hydrogen (secondary N) is 1. The highest BCUT2D eigenvalue weighted by atomic mass is 35.5. The summed E-state index contributed by atoms with van der Waals surface area (Å²) in [5, 5.41) is 19.6. The molecule has 4 nitrogen and oxygen atoms in total. The van der Waals surface area contributed by atoms with Gasteiger partial charge in [-0.2, -0.15) is 0 Å². The lowest BCUT2D eigenvalue weighted by atomic mass is 10.1. The number of nitrogens with zero attached hydrogens (tertiary/aromatic N) is 2. The van der Waals surface area contributed by atoms with E-state index in [4.69, 9.17) is 17.0 Å². The number of halogens is 2. The van der Waals surface area contributed by atoms with Gasteiger partial charge in [-0.15, -0.1) is 11.8 Å². The van der Waals surface area contributed by atoms with Gasteiger partial charge in [-0.3, -0.25) is 4.98 Å². The summed E-state index contributed by atoms with van der Waals surface area (Å²) < 4.78 is 13.6. The fraction of sp³-hybridized carbons (Fsp3) is 0.0625. The molecule has 0 atom stereocenters. The van der Waals surface area contributed by atoms with Crippen LogP contribution in [0.15, 0.2) is 41.7 Å². The summed E-state index contributed by atoms with van der Waals surface area (Å²) in [5.74, 6) is -0.171. The number of aromatic hydroxyl groups is 1. The molecule has 2 heterocycles. The molecule has 2 aromatic heterocycles. The number of rotatable bonds is 4. The van der Waals surface area contributed by atoms with E-state index in [-0.39, 0.29) is 11.4 Å². The van der Waals surface area contributed by atoms with Crippen molar-refractivity contribution in [3.63, 3.8) is 0 Å². The lowest BCUT2D eigenvalue weighted by Crippen LogP contribution is -1.94. The number of benzene rings is 1. The summed E-state index contributed by atoms with van der Waals surface area (Å²) in [6.45, 7) is 0. The summed E-state index contributed by atoms with van der Waals surface area (Å²) >= 11 is 7.42. The van der Waals surface area contributed by atoms with Crippen molar-refractivity contribution in [1.29, 1.82) is 5.41 Å². The molecule has 3 aromatic rings. The molecule has 0 saturated carbocycles. The van der Waals surface area contributed by atoms with Crippen molar-refractivity contribution in [2.24, 2.45) is 0 Å². The minimum Gasteiger partial charge on any atom is -0.493 e. The standard InChI is InChI=1S/C16H11ClFN3OS/c17-14-3-4-20-7-9(14)8-23-16-12-5-10(18)1-2-11(12)13(6-19)15(22)21-16/h1-7,19H,8H2,(H,21,22). The molecule has 0 bridgehead atoms. The fourth-order valence-electron chi connectivity index (χ4n) is 2.18. The molecule has 23 heavy (non-hydrogen) atoms. The lowest BCUT2D eigenvalue weighted by molar-refractivity contribution is 0.449. The van der Waals surface area contributed by atoms with E-state index in [1.165, 1.54) is 30.0 Å². The van der Waals surface area contributed by atoms with Gasteiger partial charge < -0.3 is 10.5 Å². The van der Waals surface area contributed by atoms with Crippen LogP contribution in [0.3, 0.4) is 0 Å². The predicted octanol–water partition coefficient (Wildman–Crippen LogP) is 4.42. The van der Waals surface area contributed by atoms with E-state index in [9.17, 15) is 9.50 Å². The molecule has 0 amide bonds. The molecule has 0 aliphatic heterocycles. The van der Waals surface area contributed by atoms with Gasteiger partial charge in [0.1, 0.15) is 10.8 Å². The number of fused-ring (bicyclic) bond motifs is 1. The van der Waals surface area contributed by atoms with Crippen LogP contribution in [0.5, 0.6) is 5.88 Å². The van der Waals surface area contributed by atoms with Gasteiger partial charge in [0.2, 0.25) is 5.88 Å². The smallest absolute Gasteiger partial charge is 0.221 e. The van der Waals surface area contributed by atoms with Gasteiger partial charge >= 0.3 is 0 Å². The van der Waals surface area contributed by atoms with Crippen LogP contribution in [0.1, 0.15) is 11.1 Å². The number of aromatic nitrogens is 2. The third kappa shape index (κ3) is 3.13. The van der Waals surface area contributed by atoms with Crippen LogP contribution < -0.4 is 0 Å². The number of hydrogen-bond donors (Lipinski definition) is 2. The van der Waals surface area contributed by atoms with Crippen molar-refractivity contribution in [2.75, 3.05) is 0 Å². The van der Waals surface area contributed by atoms with Crippen molar-refractivity contribution in [3.8, 4) is 5.88 Å². The van der Waals surface area contributed by atoms with E-state index in [2.05, 4.69) is 9.97 Å². The second kappa shape index (κ2) is 6.52. The maximum atomic E-state index is 13.6. The molecule has 0 spiro atoms. The summed E-state index contributed by atoms with van der Waals surface area (Å²) in [4.78, 5) is 8.12. The minimum absolute atomic E-state index is 0.251. The van der Waals surface area contributed by atoms with Gasteiger partial charge in [-0.25, -0.2) is 9.37 Å². The Bertz CT molecular complexity index is 904. The van der Waals surface area contributed by atoms with Crippen LogP contribution in [0, 0.1) is 11.2 Å². The fourth-order valence-corrected chi connectivity index (χ4v) is 3.43. The molecule has 2 N–H and O–H groups in total. The van der Waals surface area contributed by atoms with Gasteiger partial charge in [0, 0.05) is 34.8 Å². The average molecular weight is 348 g/mol. The van der Waals surface area contributed by atoms with Crippen molar-refractivity contribution in [3.05, 3.63) is 58.6 Å². The van der Waals surface area contributed by atoms with E-state index in [1.807, 2.05) is 0 Å². The van der Waals surface area contributed by atoms with E-state index >= 15 is 0 Å². The van der Waals surface area contributed by atoms with Gasteiger partial charge in [-0.1, -0.05) is 17.7 Å². The maximum Gasteiger partial charge on any atom is 0.221 e. The zero-order valence-corrected chi connectivity index (χ0v) is 13.3. The molecule has 0 radical (unpaired) electrons. The Morgan fingerprint density at radius 2 is 2.13 bits per heavy atom. The Morgan fingerprint density at radius 1 is 1.30 bits per heavy atom. The Kier molecular flexibility index (Phi) is 4.45. The molecule has 0 saturated heterocycles. The molecule has 0 unspecified atom stereocenters. The number of hydrogen-bond acceptors (Lipinski definition) is 5. The van der Waals surface area contributed by atoms with E-state index < -0.39 is 5.82 Å². The molecule has 116 valence electrons. The molecule has 0 aliphatic carbocycles. The minimum atomic E-state index is -0.401. The molecule has 0 fully saturated rings. The van der Waals surface area contributed by atoms with E-state index in [1.54, 1.807) is 18.5 Å². The van der Waals surface area contributed by atoms with Gasteiger partial charge in [0.25, 0.3) is 0 Å². The van der Waals surface area contributed by atoms with Gasteiger partial charge in [0.05, 0.1) is 5.56 Å². The van der Waals surface area contributed by atoms with Crippen molar-refractivity contribution in [1.82, 2.24) is 9.97 Å². The molecular formula is C16H11ClFN3OS. The Balaban J connectivity index is 2.05. The Labute approximate surface area is 140 Å². The van der Waals surface area contributed by atoms with Crippen LogP contribution in [-0.4, -0.2) is 21.3 Å². The van der Waals surface area contributed by atoms with Crippen LogP contribution >= 0.6 is 23.4 Å². The zero-order chi connectivity index (χ0) is 16.4. The highest BCUT2D eigenvalue weighted by Gasteiger charge is 2.14. The first-order chi connectivity index (χ1) is 11.1. The highest BCUT2D eigenvalue weighted by molar-refractivity contribution is 7.98. The molecule has 1 aromatic carbocycles. The van der Waals surface area contributed by atoms with Crippen LogP contribution in [0.2, 0.25) is 5.02 Å². The third-order valence-corrected chi connectivity index (χ3v) is 4.71. The quantitative estimate of drug-likeness (QED) is 0.541. The monoisotopic (exact) mass is 347 g/mol. The van der Waals surface area contributed by atoms with Crippen LogP contribution in [-0.2, 0) is 5.75 Å². The molecule has 3 rings (SSSR count). The van der Waals surface area contributed by atoms with Gasteiger partial charge in [-0.05, 0) is 29.1 Å². The Hall–Kier alpha value is -2.18.